The smallest absolute Gasteiger partial charge is 0.223 e. The quantitative estimate of drug-likeness (QED) is 0.412. The molecule has 0 aliphatic carbocycles. The van der Waals surface area contributed by atoms with Crippen molar-refractivity contribution < 1.29 is 9.53 Å². The number of hydrogen-bond acceptors (Lipinski definition) is 5. The van der Waals surface area contributed by atoms with Gasteiger partial charge in [-0.15, -0.1) is 0 Å². The lowest BCUT2D eigenvalue weighted by Gasteiger charge is -2.13. The van der Waals surface area contributed by atoms with Crippen molar-refractivity contribution in [2.75, 3.05) is 7.11 Å². The van der Waals surface area contributed by atoms with Crippen molar-refractivity contribution >= 4 is 16.8 Å². The van der Waals surface area contributed by atoms with Gasteiger partial charge in [0.2, 0.25) is 5.91 Å². The van der Waals surface area contributed by atoms with Crippen LogP contribution in [0.15, 0.2) is 79.0 Å². The summed E-state index contributed by atoms with van der Waals surface area (Å²) in [6.07, 6.45) is 1.78. The highest BCUT2D eigenvalue weighted by Crippen LogP contribution is 2.40. The summed E-state index contributed by atoms with van der Waals surface area (Å²) >= 11 is 0. The van der Waals surface area contributed by atoms with Gasteiger partial charge in [0.15, 0.2) is 5.82 Å². The number of hydrogen-bond donors (Lipinski definition) is 1. The van der Waals surface area contributed by atoms with E-state index in [2.05, 4.69) is 4.98 Å². The fourth-order valence-electron chi connectivity index (χ4n) is 4.18. The fraction of sp³-hybridized carbons (Fsp3) is 0.111. The number of benzene rings is 2. The highest BCUT2D eigenvalue weighted by Gasteiger charge is 2.25. The molecule has 0 saturated heterocycles. The van der Waals surface area contributed by atoms with Crippen LogP contribution in [0.25, 0.3) is 39.1 Å². The Morgan fingerprint density at radius 2 is 1.79 bits per heavy atom. The predicted octanol–water partition coefficient (Wildman–Crippen LogP) is 4.49. The Hall–Kier alpha value is -4.52. The van der Waals surface area contributed by atoms with Crippen LogP contribution in [0.1, 0.15) is 11.4 Å². The number of aryl methyl sites for hydroxylation is 1. The topological polar surface area (TPSA) is 95.9 Å². The zero-order valence-electron chi connectivity index (χ0n) is 18.9. The number of nitrogens with zero attached hydrogens (tertiary/aromatic N) is 4. The van der Waals surface area contributed by atoms with E-state index in [1.54, 1.807) is 18.0 Å². The molecule has 3 aromatic heterocycles. The largest absolute Gasteiger partial charge is 0.497 e. The first-order chi connectivity index (χ1) is 16.5. The SMILES string of the molecule is COc1ccc(-c2c(CC(N)=O)nn(-c3cccc(C)n3)c2-c2ccnc3ccccc23)cc1. The molecule has 34 heavy (non-hydrogen) atoms. The van der Waals surface area contributed by atoms with Crippen molar-refractivity contribution in [1.82, 2.24) is 19.7 Å². The van der Waals surface area contributed by atoms with E-state index < -0.39 is 5.91 Å². The second-order valence-corrected chi connectivity index (χ2v) is 7.97. The van der Waals surface area contributed by atoms with E-state index in [0.29, 0.717) is 11.5 Å². The number of ether oxygens (including phenoxy) is 1. The normalized spacial score (nSPS) is 11.0. The Labute approximate surface area is 196 Å². The lowest BCUT2D eigenvalue weighted by atomic mass is 9.95. The molecule has 7 heteroatoms. The summed E-state index contributed by atoms with van der Waals surface area (Å²) in [7, 11) is 1.63. The van der Waals surface area contributed by atoms with Crippen LogP contribution in [0.4, 0.5) is 0 Å². The molecule has 0 spiro atoms. The Morgan fingerprint density at radius 3 is 2.53 bits per heavy atom. The van der Waals surface area contributed by atoms with Crippen molar-refractivity contribution in [3.8, 4) is 34.0 Å². The molecule has 0 saturated carbocycles. The van der Waals surface area contributed by atoms with Crippen LogP contribution in [0.5, 0.6) is 5.75 Å². The van der Waals surface area contributed by atoms with E-state index >= 15 is 0 Å². The molecule has 168 valence electrons. The number of rotatable bonds is 6. The van der Waals surface area contributed by atoms with Gasteiger partial charge >= 0.3 is 0 Å². The molecule has 0 unspecified atom stereocenters. The molecule has 0 atom stereocenters. The predicted molar refractivity (Wildman–Crippen MR) is 132 cm³/mol. The molecule has 0 aliphatic heterocycles. The van der Waals surface area contributed by atoms with Gasteiger partial charge in [0.05, 0.1) is 30.4 Å². The van der Waals surface area contributed by atoms with Crippen molar-refractivity contribution in [2.45, 2.75) is 13.3 Å². The summed E-state index contributed by atoms with van der Waals surface area (Å²) in [5.74, 6) is 0.938. The number of aromatic nitrogens is 4. The number of amides is 1. The lowest BCUT2D eigenvalue weighted by molar-refractivity contribution is -0.117. The zero-order valence-corrected chi connectivity index (χ0v) is 18.9. The van der Waals surface area contributed by atoms with E-state index in [-0.39, 0.29) is 6.42 Å². The van der Waals surface area contributed by atoms with E-state index in [1.165, 1.54) is 0 Å². The molecular formula is C27H23N5O2. The van der Waals surface area contributed by atoms with E-state index in [1.807, 2.05) is 79.7 Å². The number of primary amides is 1. The summed E-state index contributed by atoms with van der Waals surface area (Å²) in [6, 6.07) is 23.4. The second kappa shape index (κ2) is 8.78. The lowest BCUT2D eigenvalue weighted by Crippen LogP contribution is -2.14. The van der Waals surface area contributed by atoms with Gasteiger partial charge in [0, 0.05) is 28.4 Å². The Kier molecular flexibility index (Phi) is 5.51. The third-order valence-electron chi connectivity index (χ3n) is 5.67. The Balaban J connectivity index is 1.89. The number of carbonyl (C=O) groups is 1. The van der Waals surface area contributed by atoms with Gasteiger partial charge in [-0.05, 0) is 48.9 Å². The molecular weight excluding hydrogens is 426 g/mol. The maximum atomic E-state index is 12.0. The molecule has 0 radical (unpaired) electrons. The highest BCUT2D eigenvalue weighted by molar-refractivity contribution is 5.99. The van der Waals surface area contributed by atoms with Crippen LogP contribution >= 0.6 is 0 Å². The minimum Gasteiger partial charge on any atom is -0.497 e. The monoisotopic (exact) mass is 449 g/mol. The van der Waals surface area contributed by atoms with E-state index in [9.17, 15) is 4.79 Å². The highest BCUT2D eigenvalue weighted by atomic mass is 16.5. The molecule has 5 aromatic rings. The van der Waals surface area contributed by atoms with Crippen molar-refractivity contribution in [3.63, 3.8) is 0 Å². The first kappa shape index (κ1) is 21.3. The van der Waals surface area contributed by atoms with Crippen LogP contribution < -0.4 is 10.5 Å². The molecule has 7 nitrogen and oxygen atoms in total. The third-order valence-corrected chi connectivity index (χ3v) is 5.67. The number of pyridine rings is 2. The molecule has 2 aromatic carbocycles. The molecule has 0 fully saturated rings. The first-order valence-corrected chi connectivity index (χ1v) is 10.9. The average molecular weight is 450 g/mol. The number of carbonyl (C=O) groups excluding carboxylic acids is 1. The molecule has 0 bridgehead atoms. The molecule has 3 heterocycles. The maximum Gasteiger partial charge on any atom is 0.223 e. The minimum absolute atomic E-state index is 0.00378. The number of nitrogens with two attached hydrogens (primary N) is 1. The molecule has 1 amide bonds. The van der Waals surface area contributed by atoms with Gasteiger partial charge in [0.25, 0.3) is 0 Å². The van der Waals surface area contributed by atoms with Gasteiger partial charge in [0.1, 0.15) is 5.75 Å². The van der Waals surface area contributed by atoms with Crippen LogP contribution in [0.3, 0.4) is 0 Å². The number of methoxy groups -OCH3 is 1. The van der Waals surface area contributed by atoms with Crippen LogP contribution in [0, 0.1) is 6.92 Å². The zero-order chi connectivity index (χ0) is 23.7. The summed E-state index contributed by atoms with van der Waals surface area (Å²) in [6.45, 7) is 1.93. The van der Waals surface area contributed by atoms with Crippen LogP contribution in [-0.2, 0) is 11.2 Å². The van der Waals surface area contributed by atoms with Gasteiger partial charge in [-0.1, -0.05) is 36.4 Å². The van der Waals surface area contributed by atoms with E-state index in [0.717, 1.165) is 44.7 Å². The third kappa shape index (κ3) is 3.88. The Bertz CT molecular complexity index is 1500. The first-order valence-electron chi connectivity index (χ1n) is 10.9. The van der Waals surface area contributed by atoms with Crippen molar-refractivity contribution in [2.24, 2.45) is 5.73 Å². The van der Waals surface area contributed by atoms with Gasteiger partial charge in [-0.25, -0.2) is 9.67 Å². The fourth-order valence-corrected chi connectivity index (χ4v) is 4.18. The van der Waals surface area contributed by atoms with Gasteiger partial charge < -0.3 is 10.5 Å². The van der Waals surface area contributed by atoms with Crippen LogP contribution in [-0.4, -0.2) is 32.8 Å². The summed E-state index contributed by atoms with van der Waals surface area (Å²) in [4.78, 5) is 21.3. The molecule has 0 aliphatic rings. The van der Waals surface area contributed by atoms with E-state index in [4.69, 9.17) is 20.6 Å². The molecule has 5 rings (SSSR count). The number of fused-ring (bicyclic) bond motifs is 1. The number of para-hydroxylation sites is 1. The van der Waals surface area contributed by atoms with Gasteiger partial charge in [-0.3, -0.25) is 9.78 Å². The summed E-state index contributed by atoms with van der Waals surface area (Å²) < 4.78 is 7.15. The van der Waals surface area contributed by atoms with Crippen molar-refractivity contribution in [1.29, 1.82) is 0 Å². The van der Waals surface area contributed by atoms with Gasteiger partial charge in [-0.2, -0.15) is 5.10 Å². The minimum atomic E-state index is -0.456. The summed E-state index contributed by atoms with van der Waals surface area (Å²) in [5, 5.41) is 5.84. The Morgan fingerprint density at radius 1 is 1.00 bits per heavy atom. The van der Waals surface area contributed by atoms with Crippen LogP contribution in [0.2, 0.25) is 0 Å². The maximum absolute atomic E-state index is 12.0. The second-order valence-electron chi connectivity index (χ2n) is 7.97. The summed E-state index contributed by atoms with van der Waals surface area (Å²) in [5.41, 5.74) is 11.4. The standard InChI is InChI=1S/C27H23N5O2/c1-17-6-5-9-25(30-17)32-27(21-14-15-29-22-8-4-3-7-20(21)22)26(23(31-32)16-24(28)33)18-10-12-19(34-2)13-11-18/h3-15H,16H2,1-2H3,(H2,28,33). The average Bonchev–Trinajstić information content (AvgIpc) is 3.22. The molecule has 2 N–H and O–H groups in total. The van der Waals surface area contributed by atoms with Crippen molar-refractivity contribution in [3.05, 3.63) is 90.4 Å².